The first-order chi connectivity index (χ1) is 9.18. The number of fused-ring (bicyclic) bond motifs is 5. The van der Waals surface area contributed by atoms with Crippen LogP contribution >= 0.6 is 31.4 Å². The normalized spacial score (nSPS) is 40.9. The van der Waals surface area contributed by atoms with Crippen molar-refractivity contribution in [1.29, 1.82) is 0 Å². The molecule has 1 saturated heterocycles. The Labute approximate surface area is 128 Å². The van der Waals surface area contributed by atoms with Crippen molar-refractivity contribution in [1.82, 2.24) is 0 Å². The topological polar surface area (TPSA) is 27.7 Å². The van der Waals surface area contributed by atoms with Crippen molar-refractivity contribution in [2.75, 3.05) is 21.3 Å². The molecular formula is C12H22O3S3Si. The molecule has 0 aromatic rings. The molecule has 2 aliphatic carbocycles. The van der Waals surface area contributed by atoms with Gasteiger partial charge in [0.2, 0.25) is 0 Å². The summed E-state index contributed by atoms with van der Waals surface area (Å²) in [5, 5.41) is 1.74. The van der Waals surface area contributed by atoms with E-state index in [1.807, 2.05) is 9.83 Å². The third kappa shape index (κ3) is 2.43. The molecule has 0 aromatic heterocycles. The van der Waals surface area contributed by atoms with Crippen LogP contribution in [-0.2, 0) is 13.3 Å². The molecule has 0 amide bonds. The summed E-state index contributed by atoms with van der Waals surface area (Å²) in [4.78, 5) is 0. The second-order valence-electron chi connectivity index (χ2n) is 5.81. The quantitative estimate of drug-likeness (QED) is 0.540. The highest BCUT2D eigenvalue weighted by Crippen LogP contribution is 2.71. The SMILES string of the molecule is CO[Si](CCC12CCC(C1)C1SSSC12)(OC)OC. The van der Waals surface area contributed by atoms with Gasteiger partial charge < -0.3 is 13.3 Å². The Balaban J connectivity index is 1.69. The van der Waals surface area contributed by atoms with E-state index in [0.717, 1.165) is 22.5 Å². The lowest BCUT2D eigenvalue weighted by molar-refractivity contribution is 0.117. The van der Waals surface area contributed by atoms with Crippen molar-refractivity contribution in [2.24, 2.45) is 11.3 Å². The maximum Gasteiger partial charge on any atom is 0.500 e. The van der Waals surface area contributed by atoms with E-state index in [4.69, 9.17) is 13.3 Å². The largest absolute Gasteiger partial charge is 0.500 e. The second-order valence-corrected chi connectivity index (χ2v) is 13.3. The Morgan fingerprint density at radius 2 is 1.89 bits per heavy atom. The lowest BCUT2D eigenvalue weighted by Gasteiger charge is -2.36. The van der Waals surface area contributed by atoms with Crippen LogP contribution in [0, 0.1) is 11.3 Å². The van der Waals surface area contributed by atoms with Crippen molar-refractivity contribution >= 4 is 40.2 Å². The summed E-state index contributed by atoms with van der Waals surface area (Å²) in [6, 6.07) is 0.961. The first-order valence-corrected chi connectivity index (χ1v) is 12.4. The van der Waals surface area contributed by atoms with Crippen LogP contribution in [0.15, 0.2) is 0 Å². The van der Waals surface area contributed by atoms with Gasteiger partial charge in [0, 0.05) is 37.9 Å². The van der Waals surface area contributed by atoms with Crippen LogP contribution in [0.25, 0.3) is 0 Å². The lowest BCUT2D eigenvalue weighted by atomic mass is 9.81. The van der Waals surface area contributed by atoms with Gasteiger partial charge in [0.05, 0.1) is 0 Å². The van der Waals surface area contributed by atoms with E-state index in [-0.39, 0.29) is 0 Å². The molecule has 0 aromatic carbocycles. The third-order valence-corrected chi connectivity index (χ3v) is 13.3. The van der Waals surface area contributed by atoms with Gasteiger partial charge in [-0.15, -0.1) is 0 Å². The molecule has 4 unspecified atom stereocenters. The molecule has 110 valence electrons. The summed E-state index contributed by atoms with van der Waals surface area (Å²) < 4.78 is 16.8. The van der Waals surface area contributed by atoms with Gasteiger partial charge in [-0.25, -0.2) is 0 Å². The molecule has 2 saturated carbocycles. The van der Waals surface area contributed by atoms with Crippen molar-refractivity contribution in [3.63, 3.8) is 0 Å². The van der Waals surface area contributed by atoms with Gasteiger partial charge in [0.25, 0.3) is 0 Å². The van der Waals surface area contributed by atoms with E-state index in [1.54, 1.807) is 21.3 Å². The summed E-state index contributed by atoms with van der Waals surface area (Å²) >= 11 is 0. The zero-order valence-corrected chi connectivity index (χ0v) is 15.2. The summed E-state index contributed by atoms with van der Waals surface area (Å²) in [7, 11) is 9.03. The lowest BCUT2D eigenvalue weighted by Crippen LogP contribution is -2.44. The van der Waals surface area contributed by atoms with Gasteiger partial charge in [-0.2, -0.15) is 0 Å². The summed E-state index contributed by atoms with van der Waals surface area (Å²) in [5.74, 6) is 0.959. The molecule has 0 N–H and O–H groups in total. The fourth-order valence-electron chi connectivity index (χ4n) is 4.06. The van der Waals surface area contributed by atoms with Gasteiger partial charge in [-0.3, -0.25) is 0 Å². The Morgan fingerprint density at radius 1 is 1.16 bits per heavy atom. The maximum atomic E-state index is 5.59. The Morgan fingerprint density at radius 3 is 2.58 bits per heavy atom. The van der Waals surface area contributed by atoms with Crippen molar-refractivity contribution < 1.29 is 13.3 Å². The molecule has 1 heterocycles. The van der Waals surface area contributed by atoms with E-state index >= 15 is 0 Å². The van der Waals surface area contributed by atoms with Gasteiger partial charge in [-0.05, 0) is 46.8 Å². The first-order valence-electron chi connectivity index (χ1n) is 6.83. The van der Waals surface area contributed by atoms with Crippen LogP contribution in [-0.4, -0.2) is 40.6 Å². The monoisotopic (exact) mass is 338 g/mol. The smallest absolute Gasteiger partial charge is 0.377 e. The van der Waals surface area contributed by atoms with Gasteiger partial charge in [0.1, 0.15) is 0 Å². The average Bonchev–Trinajstić information content (AvgIpc) is 3.13. The highest BCUT2D eigenvalue weighted by Gasteiger charge is 2.61. The molecule has 2 bridgehead atoms. The molecule has 1 aliphatic heterocycles. The molecule has 0 spiro atoms. The van der Waals surface area contributed by atoms with Crippen molar-refractivity contribution in [2.45, 2.75) is 42.2 Å². The molecule has 4 atom stereocenters. The van der Waals surface area contributed by atoms with Crippen LogP contribution < -0.4 is 0 Å². The van der Waals surface area contributed by atoms with Crippen LogP contribution in [0.1, 0.15) is 25.7 Å². The minimum atomic E-state index is -2.40. The highest BCUT2D eigenvalue weighted by atomic mass is 33.5. The predicted octanol–water partition coefficient (Wildman–Crippen LogP) is 3.84. The number of rotatable bonds is 6. The zero-order chi connectivity index (χ0) is 13.5. The molecule has 19 heavy (non-hydrogen) atoms. The molecular weight excluding hydrogens is 316 g/mol. The van der Waals surface area contributed by atoms with Crippen molar-refractivity contribution in [3.8, 4) is 0 Å². The maximum absolute atomic E-state index is 5.59. The van der Waals surface area contributed by atoms with Crippen LogP contribution in [0.4, 0.5) is 0 Å². The molecule has 3 fully saturated rings. The molecule has 3 rings (SSSR count). The minimum absolute atomic E-state index is 0.532. The fraction of sp³-hybridized carbons (Fsp3) is 1.00. The molecule has 3 nitrogen and oxygen atoms in total. The number of hydrogen-bond donors (Lipinski definition) is 0. The van der Waals surface area contributed by atoms with E-state index in [0.29, 0.717) is 5.41 Å². The predicted molar refractivity (Wildman–Crippen MR) is 86.3 cm³/mol. The van der Waals surface area contributed by atoms with Gasteiger partial charge in [0.15, 0.2) is 0 Å². The van der Waals surface area contributed by atoms with E-state index in [1.165, 1.54) is 25.7 Å². The van der Waals surface area contributed by atoms with Crippen LogP contribution in [0.5, 0.6) is 0 Å². The molecule has 7 heteroatoms. The van der Waals surface area contributed by atoms with Gasteiger partial charge in [-0.1, -0.05) is 21.6 Å². The highest BCUT2D eigenvalue weighted by molar-refractivity contribution is 9.11. The summed E-state index contributed by atoms with van der Waals surface area (Å²) in [6.45, 7) is 0. The minimum Gasteiger partial charge on any atom is -0.377 e. The third-order valence-electron chi connectivity index (χ3n) is 5.20. The van der Waals surface area contributed by atoms with Gasteiger partial charge >= 0.3 is 8.80 Å². The first kappa shape index (κ1) is 15.1. The molecule has 3 aliphatic rings. The standard InChI is InChI=1S/C12H22O3S3Si/c1-13-19(14-2,15-3)7-6-12-5-4-9(8-12)10-11(12)17-18-16-10/h9-11H,4-8H2,1-3H3. The van der Waals surface area contributed by atoms with E-state index in [9.17, 15) is 0 Å². The van der Waals surface area contributed by atoms with Crippen molar-refractivity contribution in [3.05, 3.63) is 0 Å². The second kappa shape index (κ2) is 5.74. The summed E-state index contributed by atoms with van der Waals surface area (Å²) in [5.41, 5.74) is 0.532. The van der Waals surface area contributed by atoms with E-state index in [2.05, 4.69) is 21.6 Å². The molecule has 0 radical (unpaired) electrons. The van der Waals surface area contributed by atoms with Crippen LogP contribution in [0.3, 0.4) is 0 Å². The Bertz CT molecular complexity index is 334. The Kier molecular flexibility index (Phi) is 4.55. The number of hydrogen-bond acceptors (Lipinski definition) is 6. The zero-order valence-electron chi connectivity index (χ0n) is 11.7. The average molecular weight is 339 g/mol. The Hall–Kier alpha value is 1.15. The van der Waals surface area contributed by atoms with Crippen LogP contribution in [0.2, 0.25) is 6.04 Å². The summed E-state index contributed by atoms with van der Waals surface area (Å²) in [6.07, 6.45) is 5.45. The fourth-order valence-corrected chi connectivity index (χ4v) is 13.0. The van der Waals surface area contributed by atoms with E-state index < -0.39 is 8.80 Å².